The Morgan fingerprint density at radius 2 is 2.05 bits per heavy atom. The fraction of sp³-hybridized carbons (Fsp3) is 0.615. The Balaban J connectivity index is 2.61. The SMILES string of the molecule is COC(=O)c1cc(CNN(C)C(=O)OC(C)(C)C)n(C)n1. The van der Waals surface area contributed by atoms with Gasteiger partial charge in [-0.3, -0.25) is 4.68 Å². The number of nitrogens with zero attached hydrogens (tertiary/aromatic N) is 3. The van der Waals surface area contributed by atoms with Gasteiger partial charge in [0, 0.05) is 14.1 Å². The molecule has 0 bridgehead atoms. The summed E-state index contributed by atoms with van der Waals surface area (Å²) in [6.07, 6.45) is -0.488. The first kappa shape index (κ1) is 17.0. The minimum Gasteiger partial charge on any atom is -0.464 e. The van der Waals surface area contributed by atoms with Gasteiger partial charge in [-0.25, -0.2) is 20.0 Å². The molecular weight excluding hydrogens is 276 g/mol. The molecule has 0 spiro atoms. The Morgan fingerprint density at radius 1 is 1.43 bits per heavy atom. The number of nitrogens with one attached hydrogen (secondary N) is 1. The minimum absolute atomic E-state index is 0.219. The lowest BCUT2D eigenvalue weighted by Gasteiger charge is -2.24. The Kier molecular flexibility index (Phi) is 5.31. The fourth-order valence-corrected chi connectivity index (χ4v) is 1.47. The Bertz CT molecular complexity index is 519. The normalized spacial score (nSPS) is 11.1. The number of hydrazine groups is 1. The third-order valence-electron chi connectivity index (χ3n) is 2.54. The molecule has 0 aliphatic rings. The Hall–Kier alpha value is -2.09. The molecule has 0 saturated carbocycles. The topological polar surface area (TPSA) is 85.7 Å². The standard InChI is InChI=1S/C13H22N4O4/c1-13(2,3)21-12(19)17(5)14-8-9-7-10(11(18)20-6)15-16(9)4/h7,14H,8H2,1-6H3. The van der Waals surface area contributed by atoms with E-state index >= 15 is 0 Å². The van der Waals surface area contributed by atoms with E-state index in [2.05, 4.69) is 15.3 Å². The summed E-state index contributed by atoms with van der Waals surface area (Å²) in [5, 5.41) is 5.28. The number of carbonyl (C=O) groups is 2. The third-order valence-corrected chi connectivity index (χ3v) is 2.54. The monoisotopic (exact) mass is 298 g/mol. The minimum atomic E-state index is -0.558. The molecule has 8 heteroatoms. The average Bonchev–Trinajstić information content (AvgIpc) is 2.74. The van der Waals surface area contributed by atoms with Crippen LogP contribution in [0.1, 0.15) is 37.0 Å². The molecule has 118 valence electrons. The number of methoxy groups -OCH3 is 1. The maximum absolute atomic E-state index is 11.8. The number of ether oxygens (including phenoxy) is 2. The first-order chi connectivity index (χ1) is 9.64. The molecule has 0 aliphatic heterocycles. The van der Waals surface area contributed by atoms with Gasteiger partial charge in [0.25, 0.3) is 0 Å². The van der Waals surface area contributed by atoms with Crippen molar-refractivity contribution in [2.45, 2.75) is 32.9 Å². The van der Waals surface area contributed by atoms with E-state index in [1.54, 1.807) is 45.6 Å². The summed E-state index contributed by atoms with van der Waals surface area (Å²) in [6.45, 7) is 5.70. The number of rotatable bonds is 4. The van der Waals surface area contributed by atoms with Gasteiger partial charge >= 0.3 is 12.1 Å². The van der Waals surface area contributed by atoms with E-state index in [-0.39, 0.29) is 5.69 Å². The third kappa shape index (κ3) is 5.07. The predicted molar refractivity (Wildman–Crippen MR) is 75.4 cm³/mol. The van der Waals surface area contributed by atoms with Gasteiger partial charge in [-0.1, -0.05) is 0 Å². The summed E-state index contributed by atoms with van der Waals surface area (Å²) in [5.74, 6) is -0.502. The van der Waals surface area contributed by atoms with Crippen molar-refractivity contribution in [1.29, 1.82) is 0 Å². The molecule has 0 fully saturated rings. The number of carbonyl (C=O) groups excluding carboxylic acids is 2. The van der Waals surface area contributed by atoms with Crippen LogP contribution in [-0.4, -0.2) is 46.6 Å². The molecule has 1 heterocycles. The second kappa shape index (κ2) is 6.57. The van der Waals surface area contributed by atoms with Crippen LogP contribution in [0.3, 0.4) is 0 Å². The van der Waals surface area contributed by atoms with Gasteiger partial charge in [0.2, 0.25) is 0 Å². The van der Waals surface area contributed by atoms with Crippen molar-refractivity contribution in [3.05, 3.63) is 17.5 Å². The highest BCUT2D eigenvalue weighted by Gasteiger charge is 2.20. The zero-order valence-corrected chi connectivity index (χ0v) is 13.3. The number of aromatic nitrogens is 2. The van der Waals surface area contributed by atoms with Crippen LogP contribution >= 0.6 is 0 Å². The molecule has 1 amide bonds. The first-order valence-electron chi connectivity index (χ1n) is 6.45. The fourth-order valence-electron chi connectivity index (χ4n) is 1.47. The van der Waals surface area contributed by atoms with Gasteiger partial charge in [-0.2, -0.15) is 5.10 Å². The van der Waals surface area contributed by atoms with Crippen molar-refractivity contribution in [2.75, 3.05) is 14.2 Å². The molecule has 0 saturated heterocycles. The van der Waals surface area contributed by atoms with Crippen molar-refractivity contribution in [2.24, 2.45) is 7.05 Å². The van der Waals surface area contributed by atoms with Gasteiger partial charge in [0.1, 0.15) is 5.60 Å². The van der Waals surface area contributed by atoms with Crippen molar-refractivity contribution >= 4 is 12.1 Å². The molecule has 0 aliphatic carbocycles. The molecule has 1 N–H and O–H groups in total. The van der Waals surface area contributed by atoms with Gasteiger partial charge < -0.3 is 9.47 Å². The first-order valence-corrected chi connectivity index (χ1v) is 6.45. The summed E-state index contributed by atoms with van der Waals surface area (Å²) in [5.41, 5.74) is 3.27. The van der Waals surface area contributed by atoms with E-state index in [9.17, 15) is 9.59 Å². The summed E-state index contributed by atoms with van der Waals surface area (Å²) < 4.78 is 11.4. The molecular formula is C13H22N4O4. The predicted octanol–water partition coefficient (Wildman–Crippen LogP) is 1.08. The highest BCUT2D eigenvalue weighted by Crippen LogP contribution is 2.09. The van der Waals surface area contributed by atoms with E-state index in [4.69, 9.17) is 4.74 Å². The molecule has 1 aromatic heterocycles. The van der Waals surface area contributed by atoms with Crippen LogP contribution in [0.5, 0.6) is 0 Å². The highest BCUT2D eigenvalue weighted by molar-refractivity contribution is 5.87. The number of hydrogen-bond acceptors (Lipinski definition) is 6. The van der Waals surface area contributed by atoms with Gasteiger partial charge in [0.05, 0.1) is 19.3 Å². The van der Waals surface area contributed by atoms with Crippen molar-refractivity contribution in [3.63, 3.8) is 0 Å². The lowest BCUT2D eigenvalue weighted by atomic mass is 10.2. The summed E-state index contributed by atoms with van der Waals surface area (Å²) in [6, 6.07) is 1.60. The Labute approximate surface area is 124 Å². The van der Waals surface area contributed by atoms with Crippen LogP contribution in [0, 0.1) is 0 Å². The van der Waals surface area contributed by atoms with Crippen LogP contribution < -0.4 is 5.43 Å². The largest absolute Gasteiger partial charge is 0.464 e. The number of esters is 1. The van der Waals surface area contributed by atoms with Crippen molar-refractivity contribution in [3.8, 4) is 0 Å². The molecule has 0 unspecified atom stereocenters. The number of hydrogen-bond donors (Lipinski definition) is 1. The van der Waals surface area contributed by atoms with Crippen LogP contribution in [0.4, 0.5) is 4.79 Å². The van der Waals surface area contributed by atoms with Crippen LogP contribution in [0.15, 0.2) is 6.07 Å². The van der Waals surface area contributed by atoms with E-state index < -0.39 is 17.7 Å². The quantitative estimate of drug-likeness (QED) is 0.661. The van der Waals surface area contributed by atoms with Gasteiger partial charge in [-0.15, -0.1) is 0 Å². The summed E-state index contributed by atoms with van der Waals surface area (Å²) >= 11 is 0. The van der Waals surface area contributed by atoms with Crippen LogP contribution in [-0.2, 0) is 23.1 Å². The van der Waals surface area contributed by atoms with Gasteiger partial charge in [0.15, 0.2) is 5.69 Å². The molecule has 1 rings (SSSR count). The number of aryl methyl sites for hydroxylation is 1. The molecule has 1 aromatic rings. The summed E-state index contributed by atoms with van der Waals surface area (Å²) in [7, 11) is 4.56. The van der Waals surface area contributed by atoms with Crippen LogP contribution in [0.25, 0.3) is 0 Å². The maximum Gasteiger partial charge on any atom is 0.424 e. The van der Waals surface area contributed by atoms with Gasteiger partial charge in [-0.05, 0) is 26.8 Å². The van der Waals surface area contributed by atoms with E-state index in [1.165, 1.54) is 12.1 Å². The van der Waals surface area contributed by atoms with E-state index in [0.717, 1.165) is 5.69 Å². The van der Waals surface area contributed by atoms with Crippen molar-refractivity contribution < 1.29 is 19.1 Å². The molecule has 0 radical (unpaired) electrons. The lowest BCUT2D eigenvalue weighted by Crippen LogP contribution is -2.42. The lowest BCUT2D eigenvalue weighted by molar-refractivity contribution is 0.0195. The number of amides is 1. The average molecular weight is 298 g/mol. The zero-order valence-electron chi connectivity index (χ0n) is 13.3. The maximum atomic E-state index is 11.8. The molecule has 8 nitrogen and oxygen atoms in total. The zero-order chi connectivity index (χ0) is 16.2. The van der Waals surface area contributed by atoms with Crippen LogP contribution in [0.2, 0.25) is 0 Å². The Morgan fingerprint density at radius 3 is 2.57 bits per heavy atom. The summed E-state index contributed by atoms with van der Waals surface area (Å²) in [4.78, 5) is 23.1. The van der Waals surface area contributed by atoms with E-state index in [0.29, 0.717) is 6.54 Å². The highest BCUT2D eigenvalue weighted by atomic mass is 16.6. The van der Waals surface area contributed by atoms with Crippen molar-refractivity contribution in [1.82, 2.24) is 20.2 Å². The molecule has 0 atom stereocenters. The second-order valence-electron chi connectivity index (χ2n) is 5.51. The molecule has 21 heavy (non-hydrogen) atoms. The smallest absolute Gasteiger partial charge is 0.424 e. The molecule has 0 aromatic carbocycles. The van der Waals surface area contributed by atoms with E-state index in [1.807, 2.05) is 0 Å². The second-order valence-corrected chi connectivity index (χ2v) is 5.51.